The average Bonchev–Trinajstić information content (AvgIpc) is 2.04. The molecule has 2 aliphatic rings. The van der Waals surface area contributed by atoms with Crippen molar-refractivity contribution in [3.8, 4) is 0 Å². The highest BCUT2D eigenvalue weighted by Crippen LogP contribution is 2.50. The summed E-state index contributed by atoms with van der Waals surface area (Å²) in [6.45, 7) is 7.38. The molecular weight excluding hydrogens is 122 g/mol. The van der Waals surface area contributed by atoms with E-state index in [0.29, 0.717) is 5.41 Å². The van der Waals surface area contributed by atoms with Gasteiger partial charge in [0.2, 0.25) is 0 Å². The smallest absolute Gasteiger partial charge is 0.00204 e. The molecule has 1 aliphatic heterocycles. The number of hydrogen-bond donors (Lipinski definition) is 1. The van der Waals surface area contributed by atoms with Gasteiger partial charge >= 0.3 is 0 Å². The fourth-order valence-electron chi connectivity index (χ4n) is 2.58. The molecule has 1 heterocycles. The first kappa shape index (κ1) is 6.66. The molecule has 10 heavy (non-hydrogen) atoms. The minimum Gasteiger partial charge on any atom is -0.316 e. The van der Waals surface area contributed by atoms with Crippen molar-refractivity contribution < 1.29 is 0 Å². The molecule has 1 heteroatoms. The molecule has 1 saturated carbocycles. The molecule has 0 radical (unpaired) electrons. The maximum atomic E-state index is 3.38. The third-order valence-corrected chi connectivity index (χ3v) is 3.19. The summed E-state index contributed by atoms with van der Waals surface area (Å²) >= 11 is 0. The van der Waals surface area contributed by atoms with Crippen LogP contribution in [0.25, 0.3) is 0 Å². The van der Waals surface area contributed by atoms with E-state index in [-0.39, 0.29) is 0 Å². The SMILES string of the molecule is CC1(C)CCC2(CNC2)C1. The fraction of sp³-hybridized carbons (Fsp3) is 1.00. The Morgan fingerprint density at radius 2 is 1.80 bits per heavy atom. The van der Waals surface area contributed by atoms with Crippen molar-refractivity contribution in [3.05, 3.63) is 0 Å². The zero-order valence-corrected chi connectivity index (χ0v) is 7.04. The van der Waals surface area contributed by atoms with Crippen molar-refractivity contribution in [1.29, 1.82) is 0 Å². The number of rotatable bonds is 0. The second kappa shape index (κ2) is 1.76. The number of nitrogens with one attached hydrogen (secondary N) is 1. The zero-order valence-electron chi connectivity index (χ0n) is 7.04. The Bertz CT molecular complexity index is 145. The van der Waals surface area contributed by atoms with Gasteiger partial charge in [-0.15, -0.1) is 0 Å². The summed E-state index contributed by atoms with van der Waals surface area (Å²) < 4.78 is 0. The lowest BCUT2D eigenvalue weighted by Gasteiger charge is -2.40. The molecule has 1 saturated heterocycles. The predicted octanol–water partition coefficient (Wildman–Crippen LogP) is 1.79. The second-order valence-corrected chi connectivity index (χ2v) is 4.94. The Hall–Kier alpha value is -0.0400. The molecule has 0 atom stereocenters. The highest BCUT2D eigenvalue weighted by Gasteiger charge is 2.46. The van der Waals surface area contributed by atoms with E-state index in [0.717, 1.165) is 5.41 Å². The van der Waals surface area contributed by atoms with Crippen molar-refractivity contribution in [2.75, 3.05) is 13.1 Å². The van der Waals surface area contributed by atoms with Gasteiger partial charge in [-0.3, -0.25) is 0 Å². The van der Waals surface area contributed by atoms with Crippen molar-refractivity contribution in [2.45, 2.75) is 33.1 Å². The maximum absolute atomic E-state index is 3.38. The number of hydrogen-bond acceptors (Lipinski definition) is 1. The Kier molecular flexibility index (Phi) is 1.17. The van der Waals surface area contributed by atoms with Gasteiger partial charge in [0.25, 0.3) is 0 Å². The molecule has 2 fully saturated rings. The van der Waals surface area contributed by atoms with Crippen LogP contribution in [0.3, 0.4) is 0 Å². The van der Waals surface area contributed by atoms with Crippen LogP contribution >= 0.6 is 0 Å². The fourth-order valence-corrected chi connectivity index (χ4v) is 2.58. The van der Waals surface area contributed by atoms with Crippen molar-refractivity contribution >= 4 is 0 Å². The highest BCUT2D eigenvalue weighted by atomic mass is 15.0. The molecule has 1 nitrogen and oxygen atoms in total. The molecule has 0 aromatic heterocycles. The Morgan fingerprint density at radius 1 is 1.10 bits per heavy atom. The van der Waals surface area contributed by atoms with E-state index in [1.165, 1.54) is 32.4 Å². The van der Waals surface area contributed by atoms with E-state index in [1.54, 1.807) is 0 Å². The van der Waals surface area contributed by atoms with E-state index >= 15 is 0 Å². The van der Waals surface area contributed by atoms with Crippen LogP contribution in [-0.2, 0) is 0 Å². The van der Waals surface area contributed by atoms with E-state index < -0.39 is 0 Å². The lowest BCUT2D eigenvalue weighted by atomic mass is 9.77. The highest BCUT2D eigenvalue weighted by molar-refractivity contribution is 5.01. The minimum atomic E-state index is 0.641. The molecule has 0 bridgehead atoms. The first-order chi connectivity index (χ1) is 4.62. The molecule has 0 amide bonds. The molecule has 58 valence electrons. The Morgan fingerprint density at radius 3 is 2.00 bits per heavy atom. The van der Waals surface area contributed by atoms with Crippen molar-refractivity contribution in [1.82, 2.24) is 5.32 Å². The van der Waals surface area contributed by atoms with Gasteiger partial charge < -0.3 is 5.32 Å². The molecule has 1 N–H and O–H groups in total. The van der Waals surface area contributed by atoms with E-state index in [1.807, 2.05) is 0 Å². The Balaban J connectivity index is 2.05. The summed E-state index contributed by atoms with van der Waals surface area (Å²) in [6.07, 6.45) is 4.36. The minimum absolute atomic E-state index is 0.641. The van der Waals surface area contributed by atoms with Crippen LogP contribution in [0, 0.1) is 10.8 Å². The van der Waals surface area contributed by atoms with E-state index in [4.69, 9.17) is 0 Å². The van der Waals surface area contributed by atoms with Crippen LogP contribution < -0.4 is 5.32 Å². The summed E-state index contributed by atoms with van der Waals surface area (Å²) in [5.74, 6) is 0. The van der Waals surface area contributed by atoms with Crippen LogP contribution in [-0.4, -0.2) is 13.1 Å². The molecule has 1 spiro atoms. The largest absolute Gasteiger partial charge is 0.316 e. The Labute approximate surface area is 63.2 Å². The van der Waals surface area contributed by atoms with Crippen LogP contribution in [0.4, 0.5) is 0 Å². The summed E-state index contributed by atoms with van der Waals surface area (Å²) in [4.78, 5) is 0. The van der Waals surface area contributed by atoms with E-state index in [9.17, 15) is 0 Å². The van der Waals surface area contributed by atoms with Gasteiger partial charge in [-0.1, -0.05) is 13.8 Å². The maximum Gasteiger partial charge on any atom is 0.00204 e. The van der Waals surface area contributed by atoms with E-state index in [2.05, 4.69) is 19.2 Å². The predicted molar refractivity (Wildman–Crippen MR) is 42.9 cm³/mol. The average molecular weight is 139 g/mol. The zero-order chi connectivity index (χ0) is 7.24. The first-order valence-corrected chi connectivity index (χ1v) is 4.33. The summed E-state index contributed by atoms with van der Waals surface area (Å²) in [7, 11) is 0. The van der Waals surface area contributed by atoms with Gasteiger partial charge in [-0.05, 0) is 30.1 Å². The monoisotopic (exact) mass is 139 g/mol. The summed E-state index contributed by atoms with van der Waals surface area (Å²) in [5, 5.41) is 3.38. The van der Waals surface area contributed by atoms with Crippen LogP contribution in [0.15, 0.2) is 0 Å². The van der Waals surface area contributed by atoms with Crippen LogP contribution in [0.5, 0.6) is 0 Å². The van der Waals surface area contributed by atoms with Gasteiger partial charge in [0.15, 0.2) is 0 Å². The first-order valence-electron chi connectivity index (χ1n) is 4.33. The van der Waals surface area contributed by atoms with Gasteiger partial charge in [0.05, 0.1) is 0 Å². The van der Waals surface area contributed by atoms with Gasteiger partial charge in [0, 0.05) is 13.1 Å². The van der Waals surface area contributed by atoms with Crippen molar-refractivity contribution in [3.63, 3.8) is 0 Å². The standard InChI is InChI=1S/C9H17N/c1-8(2)3-4-9(5-8)6-10-7-9/h10H,3-7H2,1-2H3. The van der Waals surface area contributed by atoms with Gasteiger partial charge in [-0.25, -0.2) is 0 Å². The third kappa shape index (κ3) is 0.878. The second-order valence-electron chi connectivity index (χ2n) is 4.94. The third-order valence-electron chi connectivity index (χ3n) is 3.19. The van der Waals surface area contributed by atoms with Crippen LogP contribution in [0.2, 0.25) is 0 Å². The molecular formula is C9H17N. The topological polar surface area (TPSA) is 12.0 Å². The quantitative estimate of drug-likeness (QED) is 0.539. The normalized spacial score (nSPS) is 34.2. The van der Waals surface area contributed by atoms with Gasteiger partial charge in [-0.2, -0.15) is 0 Å². The van der Waals surface area contributed by atoms with Gasteiger partial charge in [0.1, 0.15) is 0 Å². The summed E-state index contributed by atoms with van der Waals surface area (Å²) in [5.41, 5.74) is 1.38. The molecule has 0 unspecified atom stereocenters. The molecule has 2 rings (SSSR count). The molecule has 0 aromatic rings. The summed E-state index contributed by atoms with van der Waals surface area (Å²) in [6, 6.07) is 0. The lowest BCUT2D eigenvalue weighted by Crippen LogP contribution is -2.52. The molecule has 0 aromatic carbocycles. The lowest BCUT2D eigenvalue weighted by molar-refractivity contribution is 0.157. The molecule has 1 aliphatic carbocycles. The van der Waals surface area contributed by atoms with Crippen LogP contribution in [0.1, 0.15) is 33.1 Å². The van der Waals surface area contributed by atoms with Crippen molar-refractivity contribution in [2.24, 2.45) is 10.8 Å².